The summed E-state index contributed by atoms with van der Waals surface area (Å²) in [7, 11) is 0. The van der Waals surface area contributed by atoms with Crippen LogP contribution in [0.25, 0.3) is 5.69 Å². The lowest BCUT2D eigenvalue weighted by atomic mass is 10.2. The maximum absolute atomic E-state index is 7.41. The molecule has 3 N–H and O–H groups in total. The first-order valence-corrected chi connectivity index (χ1v) is 5.60. The first-order valence-electron chi connectivity index (χ1n) is 4.85. The molecule has 2 aromatic rings. The molecule has 1 heterocycles. The van der Waals surface area contributed by atoms with E-state index in [1.54, 1.807) is 22.9 Å². The van der Waals surface area contributed by atoms with Crippen LogP contribution in [0.1, 0.15) is 11.3 Å². The van der Waals surface area contributed by atoms with Gasteiger partial charge in [0, 0.05) is 5.02 Å². The third kappa shape index (κ3) is 2.14. The monoisotopic (exact) mass is 268 g/mol. The van der Waals surface area contributed by atoms with E-state index in [-0.39, 0.29) is 5.84 Å². The van der Waals surface area contributed by atoms with Crippen molar-refractivity contribution in [2.75, 3.05) is 0 Å². The highest BCUT2D eigenvalue weighted by Gasteiger charge is 2.12. The molecule has 1 aromatic carbocycles. The third-order valence-electron chi connectivity index (χ3n) is 2.44. The number of hydrogen-bond donors (Lipinski definition) is 2. The van der Waals surface area contributed by atoms with Gasteiger partial charge in [-0.1, -0.05) is 23.2 Å². The number of benzene rings is 1. The smallest absolute Gasteiger partial charge is 0.126 e. The minimum atomic E-state index is -0.0214. The Kier molecular flexibility index (Phi) is 3.09. The van der Waals surface area contributed by atoms with Crippen molar-refractivity contribution in [3.05, 3.63) is 45.7 Å². The van der Waals surface area contributed by atoms with Gasteiger partial charge >= 0.3 is 0 Å². The highest BCUT2D eigenvalue weighted by molar-refractivity contribution is 6.34. The molecule has 0 fully saturated rings. The lowest BCUT2D eigenvalue weighted by Gasteiger charge is -2.07. The summed E-state index contributed by atoms with van der Waals surface area (Å²) in [6.07, 6.45) is 1.54. The summed E-state index contributed by atoms with van der Waals surface area (Å²) < 4.78 is 1.62. The van der Waals surface area contributed by atoms with E-state index in [0.717, 1.165) is 5.69 Å². The molecule has 1 aromatic heterocycles. The van der Waals surface area contributed by atoms with Crippen molar-refractivity contribution in [3.63, 3.8) is 0 Å². The van der Waals surface area contributed by atoms with Crippen LogP contribution < -0.4 is 5.73 Å². The Labute approximate surface area is 108 Å². The molecule has 0 saturated carbocycles. The van der Waals surface area contributed by atoms with Gasteiger partial charge in [-0.05, 0) is 25.1 Å². The molecule has 0 amide bonds. The molecule has 0 aliphatic heterocycles. The Balaban J connectivity index is 2.61. The van der Waals surface area contributed by atoms with Gasteiger partial charge < -0.3 is 5.73 Å². The largest absolute Gasteiger partial charge is 0.384 e. The quantitative estimate of drug-likeness (QED) is 0.650. The Hall–Kier alpha value is -1.52. The summed E-state index contributed by atoms with van der Waals surface area (Å²) in [6.45, 7) is 1.82. The number of aromatic nitrogens is 2. The van der Waals surface area contributed by atoms with Crippen LogP contribution in [0.3, 0.4) is 0 Å². The molecule has 0 saturated heterocycles. The number of nitrogens with one attached hydrogen (secondary N) is 1. The second-order valence-electron chi connectivity index (χ2n) is 3.56. The van der Waals surface area contributed by atoms with Crippen molar-refractivity contribution in [2.45, 2.75) is 6.92 Å². The fraction of sp³-hybridized carbons (Fsp3) is 0.0909. The predicted molar refractivity (Wildman–Crippen MR) is 69.3 cm³/mol. The van der Waals surface area contributed by atoms with E-state index in [2.05, 4.69) is 5.10 Å². The molecule has 0 aliphatic rings. The number of hydrogen-bond acceptors (Lipinski definition) is 2. The van der Waals surface area contributed by atoms with Crippen LogP contribution in [0.15, 0.2) is 24.4 Å². The van der Waals surface area contributed by atoms with Crippen molar-refractivity contribution >= 4 is 29.0 Å². The number of rotatable bonds is 2. The Morgan fingerprint density at radius 3 is 2.71 bits per heavy atom. The van der Waals surface area contributed by atoms with Crippen LogP contribution in [0, 0.1) is 12.3 Å². The molecule has 17 heavy (non-hydrogen) atoms. The molecular weight excluding hydrogens is 259 g/mol. The van der Waals surface area contributed by atoms with E-state index in [0.29, 0.717) is 21.3 Å². The summed E-state index contributed by atoms with van der Waals surface area (Å²) in [5.41, 5.74) is 7.45. The topological polar surface area (TPSA) is 67.7 Å². The first kappa shape index (κ1) is 12.0. The summed E-state index contributed by atoms with van der Waals surface area (Å²) >= 11 is 12.0. The Morgan fingerprint density at radius 1 is 1.41 bits per heavy atom. The maximum Gasteiger partial charge on any atom is 0.126 e. The minimum absolute atomic E-state index is 0.0214. The maximum atomic E-state index is 7.41. The Morgan fingerprint density at radius 2 is 2.12 bits per heavy atom. The fourth-order valence-corrected chi connectivity index (χ4v) is 1.93. The van der Waals surface area contributed by atoms with Gasteiger partial charge in [0.1, 0.15) is 5.84 Å². The molecule has 0 atom stereocenters. The molecule has 6 heteroatoms. The van der Waals surface area contributed by atoms with Gasteiger partial charge in [-0.3, -0.25) is 5.41 Å². The van der Waals surface area contributed by atoms with Gasteiger partial charge in [0.15, 0.2) is 0 Å². The number of amidine groups is 1. The zero-order valence-electron chi connectivity index (χ0n) is 9.04. The fourth-order valence-electron chi connectivity index (χ4n) is 1.57. The lowest BCUT2D eigenvalue weighted by Crippen LogP contribution is -2.12. The van der Waals surface area contributed by atoms with Crippen LogP contribution in [0.4, 0.5) is 0 Å². The molecule has 0 radical (unpaired) electrons. The van der Waals surface area contributed by atoms with E-state index in [1.807, 2.05) is 6.92 Å². The van der Waals surface area contributed by atoms with E-state index in [9.17, 15) is 0 Å². The number of nitrogen functional groups attached to an aromatic ring is 1. The zero-order chi connectivity index (χ0) is 12.6. The SMILES string of the molecule is Cc1c(C(=N)N)cnn1-c1cc(Cl)ccc1Cl. The minimum Gasteiger partial charge on any atom is -0.384 e. The molecule has 0 unspecified atom stereocenters. The molecule has 88 valence electrons. The van der Waals surface area contributed by atoms with Crippen LogP contribution in [0.5, 0.6) is 0 Å². The summed E-state index contributed by atoms with van der Waals surface area (Å²) in [5, 5.41) is 12.7. The number of halogens is 2. The average molecular weight is 269 g/mol. The van der Waals surface area contributed by atoms with E-state index in [1.165, 1.54) is 6.20 Å². The third-order valence-corrected chi connectivity index (χ3v) is 2.99. The summed E-state index contributed by atoms with van der Waals surface area (Å²) in [6, 6.07) is 5.12. The van der Waals surface area contributed by atoms with E-state index >= 15 is 0 Å². The highest BCUT2D eigenvalue weighted by atomic mass is 35.5. The standard InChI is InChI=1S/C11H10Cl2N4/c1-6-8(11(14)15)5-16-17(6)10-4-7(12)2-3-9(10)13/h2-5H,1H3,(H3,14,15). The summed E-state index contributed by atoms with van der Waals surface area (Å²) in [4.78, 5) is 0. The Bertz CT molecular complexity index is 589. The van der Waals surface area contributed by atoms with Crippen LogP contribution >= 0.6 is 23.2 Å². The lowest BCUT2D eigenvalue weighted by molar-refractivity contribution is 0.847. The first-order chi connectivity index (χ1) is 8.00. The van der Waals surface area contributed by atoms with Crippen molar-refractivity contribution in [1.82, 2.24) is 9.78 Å². The van der Waals surface area contributed by atoms with Gasteiger partial charge in [-0.2, -0.15) is 5.10 Å². The van der Waals surface area contributed by atoms with Crippen LogP contribution in [-0.4, -0.2) is 15.6 Å². The van der Waals surface area contributed by atoms with Gasteiger partial charge in [0.05, 0.1) is 28.2 Å². The molecule has 2 rings (SSSR count). The predicted octanol–water partition coefficient (Wildman–Crippen LogP) is 2.77. The van der Waals surface area contributed by atoms with Gasteiger partial charge in [-0.15, -0.1) is 0 Å². The molecule has 4 nitrogen and oxygen atoms in total. The number of nitrogens with zero attached hydrogens (tertiary/aromatic N) is 2. The second-order valence-corrected chi connectivity index (χ2v) is 4.41. The molecular formula is C11H10Cl2N4. The van der Waals surface area contributed by atoms with Gasteiger partial charge in [-0.25, -0.2) is 4.68 Å². The van der Waals surface area contributed by atoms with Crippen LogP contribution in [-0.2, 0) is 0 Å². The van der Waals surface area contributed by atoms with Crippen molar-refractivity contribution in [3.8, 4) is 5.69 Å². The molecule has 0 bridgehead atoms. The van der Waals surface area contributed by atoms with Gasteiger partial charge in [0.2, 0.25) is 0 Å². The van der Waals surface area contributed by atoms with E-state index in [4.69, 9.17) is 34.3 Å². The van der Waals surface area contributed by atoms with Crippen molar-refractivity contribution in [2.24, 2.45) is 5.73 Å². The van der Waals surface area contributed by atoms with E-state index < -0.39 is 0 Å². The number of nitrogens with two attached hydrogens (primary N) is 1. The van der Waals surface area contributed by atoms with Gasteiger partial charge in [0.25, 0.3) is 0 Å². The van der Waals surface area contributed by atoms with Crippen molar-refractivity contribution < 1.29 is 0 Å². The van der Waals surface area contributed by atoms with Crippen LogP contribution in [0.2, 0.25) is 10.0 Å². The molecule has 0 aliphatic carbocycles. The highest BCUT2D eigenvalue weighted by Crippen LogP contribution is 2.25. The summed E-state index contributed by atoms with van der Waals surface area (Å²) in [5.74, 6) is -0.0214. The average Bonchev–Trinajstić information content (AvgIpc) is 2.64. The second kappa shape index (κ2) is 4.39. The molecule has 0 spiro atoms. The normalized spacial score (nSPS) is 10.5. The van der Waals surface area contributed by atoms with Crippen molar-refractivity contribution in [1.29, 1.82) is 5.41 Å². The zero-order valence-corrected chi connectivity index (χ0v) is 10.5.